The third-order valence-corrected chi connectivity index (χ3v) is 8.03. The standard InChI is InChI=1S/C25H26BrFN2O/c1-16-2-4-20(5-3-16)24-10-17-8-18(11-24)13-25(12-17,15-24)23(30)29-28-14-19-9-21(26)6-7-22(19)27/h2-7,9,14,17-18H,8,10-13,15H2,1H3,(H,29,30)/b28-14-/t17-,18-,24?,25?/m0/s1. The first-order chi connectivity index (χ1) is 14.4. The van der Waals surface area contributed by atoms with Gasteiger partial charge in [0, 0.05) is 10.0 Å². The lowest BCUT2D eigenvalue weighted by molar-refractivity contribution is -0.149. The molecule has 0 aliphatic heterocycles. The molecule has 4 aliphatic rings. The number of hydrazone groups is 1. The topological polar surface area (TPSA) is 41.5 Å². The van der Waals surface area contributed by atoms with Crippen LogP contribution >= 0.6 is 15.9 Å². The lowest BCUT2D eigenvalue weighted by Crippen LogP contribution is -2.58. The van der Waals surface area contributed by atoms with Crippen molar-refractivity contribution in [2.24, 2.45) is 22.4 Å². The summed E-state index contributed by atoms with van der Waals surface area (Å²) in [4.78, 5) is 13.3. The molecular weight excluding hydrogens is 443 g/mol. The minimum atomic E-state index is -0.359. The Morgan fingerprint density at radius 2 is 1.83 bits per heavy atom. The van der Waals surface area contributed by atoms with E-state index in [1.165, 1.54) is 42.7 Å². The van der Waals surface area contributed by atoms with Crippen molar-refractivity contribution in [3.8, 4) is 0 Å². The average Bonchev–Trinajstić information content (AvgIpc) is 2.70. The second-order valence-corrected chi connectivity index (χ2v) is 10.7. The van der Waals surface area contributed by atoms with Crippen molar-refractivity contribution in [1.82, 2.24) is 5.43 Å². The minimum Gasteiger partial charge on any atom is -0.273 e. The van der Waals surface area contributed by atoms with Gasteiger partial charge in [0.05, 0.1) is 11.6 Å². The molecule has 5 heteroatoms. The Hall–Kier alpha value is -2.01. The largest absolute Gasteiger partial charge is 0.273 e. The van der Waals surface area contributed by atoms with Gasteiger partial charge in [0.25, 0.3) is 0 Å². The van der Waals surface area contributed by atoms with Gasteiger partial charge in [-0.25, -0.2) is 9.82 Å². The second kappa shape index (κ2) is 7.30. The van der Waals surface area contributed by atoms with Gasteiger partial charge >= 0.3 is 0 Å². The Morgan fingerprint density at radius 1 is 1.13 bits per heavy atom. The molecule has 0 saturated heterocycles. The van der Waals surface area contributed by atoms with Gasteiger partial charge in [-0.05, 0) is 86.5 Å². The summed E-state index contributed by atoms with van der Waals surface area (Å²) in [5, 5.41) is 4.12. The van der Waals surface area contributed by atoms with Crippen LogP contribution in [0.3, 0.4) is 0 Å². The molecule has 0 spiro atoms. The van der Waals surface area contributed by atoms with Crippen LogP contribution < -0.4 is 5.43 Å². The predicted molar refractivity (Wildman–Crippen MR) is 120 cm³/mol. The fourth-order valence-electron chi connectivity index (χ4n) is 6.67. The van der Waals surface area contributed by atoms with Gasteiger partial charge in [-0.2, -0.15) is 5.10 Å². The van der Waals surface area contributed by atoms with Crippen molar-refractivity contribution in [2.45, 2.75) is 50.9 Å². The zero-order chi connectivity index (χ0) is 20.9. The molecule has 4 bridgehead atoms. The van der Waals surface area contributed by atoms with Crippen LogP contribution in [0.15, 0.2) is 52.0 Å². The summed E-state index contributed by atoms with van der Waals surface area (Å²) in [6, 6.07) is 13.6. The molecule has 0 radical (unpaired) electrons. The van der Waals surface area contributed by atoms with Crippen LogP contribution in [0.1, 0.15) is 55.2 Å². The molecule has 0 aromatic heterocycles. The highest BCUT2D eigenvalue weighted by molar-refractivity contribution is 9.10. The van der Waals surface area contributed by atoms with E-state index in [1.807, 2.05) is 0 Å². The van der Waals surface area contributed by atoms with E-state index in [9.17, 15) is 9.18 Å². The molecule has 1 N–H and O–H groups in total. The number of hydrogen-bond acceptors (Lipinski definition) is 2. The molecular formula is C25H26BrFN2O. The van der Waals surface area contributed by atoms with E-state index in [2.05, 4.69) is 57.6 Å². The first kappa shape index (κ1) is 19.9. The molecule has 3 nitrogen and oxygen atoms in total. The van der Waals surface area contributed by atoms with E-state index in [0.29, 0.717) is 17.4 Å². The summed E-state index contributed by atoms with van der Waals surface area (Å²) < 4.78 is 14.7. The van der Waals surface area contributed by atoms with Gasteiger partial charge in [-0.1, -0.05) is 45.8 Å². The Labute approximate surface area is 185 Å². The summed E-state index contributed by atoms with van der Waals surface area (Å²) in [7, 11) is 0. The molecule has 1 amide bonds. The van der Waals surface area contributed by atoms with Crippen LogP contribution in [-0.4, -0.2) is 12.1 Å². The van der Waals surface area contributed by atoms with Crippen molar-refractivity contribution in [3.63, 3.8) is 0 Å². The van der Waals surface area contributed by atoms with Crippen LogP contribution in [-0.2, 0) is 10.2 Å². The zero-order valence-electron chi connectivity index (χ0n) is 17.1. The maximum Gasteiger partial charge on any atom is 0.246 e. The number of halogens is 2. The van der Waals surface area contributed by atoms with Crippen molar-refractivity contribution in [1.29, 1.82) is 0 Å². The number of carbonyl (C=O) groups excluding carboxylic acids is 1. The highest BCUT2D eigenvalue weighted by Gasteiger charge is 2.60. The monoisotopic (exact) mass is 468 g/mol. The molecule has 0 heterocycles. The van der Waals surface area contributed by atoms with Crippen molar-refractivity contribution < 1.29 is 9.18 Å². The molecule has 2 aromatic carbocycles. The molecule has 2 aromatic rings. The normalized spacial score (nSPS) is 32.0. The third-order valence-electron chi connectivity index (χ3n) is 7.53. The Bertz CT molecular complexity index is 1000. The number of amides is 1. The summed E-state index contributed by atoms with van der Waals surface area (Å²) in [5.74, 6) is 0.846. The number of rotatable bonds is 4. The van der Waals surface area contributed by atoms with Gasteiger partial charge in [0.15, 0.2) is 0 Å². The third kappa shape index (κ3) is 3.41. The van der Waals surface area contributed by atoms with Crippen LogP contribution in [0.25, 0.3) is 0 Å². The Balaban J connectivity index is 1.38. The number of carbonyl (C=O) groups is 1. The molecule has 4 saturated carbocycles. The van der Waals surface area contributed by atoms with Crippen LogP contribution in [0.5, 0.6) is 0 Å². The second-order valence-electron chi connectivity index (χ2n) is 9.75. The molecule has 156 valence electrons. The number of hydrogen-bond donors (Lipinski definition) is 1. The minimum absolute atomic E-state index is 0.000239. The predicted octanol–water partition coefficient (Wildman–Crippen LogP) is 5.88. The lowest BCUT2D eigenvalue weighted by atomic mass is 9.42. The molecule has 30 heavy (non-hydrogen) atoms. The quantitative estimate of drug-likeness (QED) is 0.441. The molecule has 4 aliphatic carbocycles. The molecule has 2 atom stereocenters. The molecule has 6 rings (SSSR count). The highest BCUT2D eigenvalue weighted by atomic mass is 79.9. The summed E-state index contributed by atoms with van der Waals surface area (Å²) >= 11 is 3.34. The first-order valence-electron chi connectivity index (χ1n) is 10.7. The van der Waals surface area contributed by atoms with Crippen molar-refractivity contribution >= 4 is 28.1 Å². The van der Waals surface area contributed by atoms with Crippen LogP contribution in [0, 0.1) is 30.0 Å². The summed E-state index contributed by atoms with van der Waals surface area (Å²) in [6.07, 6.45) is 7.81. The number of aryl methyl sites for hydroxylation is 1. The summed E-state index contributed by atoms with van der Waals surface area (Å²) in [6.45, 7) is 2.12. The number of benzene rings is 2. The highest BCUT2D eigenvalue weighted by Crippen LogP contribution is 2.65. The van der Waals surface area contributed by atoms with Crippen molar-refractivity contribution in [2.75, 3.05) is 0 Å². The SMILES string of the molecule is Cc1ccc(C23C[C@@H]4C[C@H](CC(C(=O)N/N=C\c5cc(Br)ccc5F)(C4)C2)C3)cc1. The lowest BCUT2D eigenvalue weighted by Gasteiger charge is -2.61. The summed E-state index contributed by atoms with van der Waals surface area (Å²) in [5.41, 5.74) is 5.52. The van der Waals surface area contributed by atoms with Crippen LogP contribution in [0.2, 0.25) is 0 Å². The van der Waals surface area contributed by atoms with E-state index >= 15 is 0 Å². The first-order valence-corrected chi connectivity index (χ1v) is 11.5. The van der Waals surface area contributed by atoms with Gasteiger partial charge < -0.3 is 0 Å². The smallest absolute Gasteiger partial charge is 0.246 e. The van der Waals surface area contributed by atoms with Gasteiger partial charge in [0.1, 0.15) is 5.82 Å². The zero-order valence-corrected chi connectivity index (χ0v) is 18.7. The van der Waals surface area contributed by atoms with E-state index in [-0.39, 0.29) is 22.6 Å². The van der Waals surface area contributed by atoms with Crippen molar-refractivity contribution in [3.05, 3.63) is 69.4 Å². The van der Waals surface area contributed by atoms with Gasteiger partial charge in [0.2, 0.25) is 5.91 Å². The van der Waals surface area contributed by atoms with Crippen LogP contribution in [0.4, 0.5) is 4.39 Å². The van der Waals surface area contributed by atoms with Gasteiger partial charge in [-0.15, -0.1) is 0 Å². The number of nitrogens with one attached hydrogen (secondary N) is 1. The van der Waals surface area contributed by atoms with E-state index in [0.717, 1.165) is 23.7 Å². The number of nitrogens with zero attached hydrogens (tertiary/aromatic N) is 1. The van der Waals surface area contributed by atoms with E-state index in [1.54, 1.807) is 12.1 Å². The van der Waals surface area contributed by atoms with Gasteiger partial charge in [-0.3, -0.25) is 4.79 Å². The molecule has 0 unspecified atom stereocenters. The van der Waals surface area contributed by atoms with E-state index < -0.39 is 0 Å². The fourth-order valence-corrected chi connectivity index (χ4v) is 7.04. The fraction of sp³-hybridized carbons (Fsp3) is 0.440. The van der Waals surface area contributed by atoms with E-state index in [4.69, 9.17) is 0 Å². The Morgan fingerprint density at radius 3 is 2.53 bits per heavy atom. The maximum absolute atomic E-state index is 13.9. The Kier molecular flexibility index (Phi) is 4.85. The molecule has 4 fully saturated rings. The average molecular weight is 469 g/mol. The maximum atomic E-state index is 13.9.